The minimum atomic E-state index is 0.223. The van der Waals surface area contributed by atoms with Crippen LogP contribution in [0, 0.1) is 12.3 Å². The fraction of sp³-hybridized carbons (Fsp3) is 0.467. The molecule has 39 heavy (non-hydrogen) atoms. The van der Waals surface area contributed by atoms with Crippen LogP contribution in [0.25, 0.3) is 11.4 Å². The minimum absolute atomic E-state index is 0.223. The third kappa shape index (κ3) is 8.19. The van der Waals surface area contributed by atoms with Crippen molar-refractivity contribution in [1.29, 1.82) is 0 Å². The van der Waals surface area contributed by atoms with Gasteiger partial charge in [0.15, 0.2) is 0 Å². The molecule has 1 amide bonds. The first kappa shape index (κ1) is 30.9. The maximum atomic E-state index is 10.8. The highest BCUT2D eigenvalue weighted by Gasteiger charge is 2.24. The summed E-state index contributed by atoms with van der Waals surface area (Å²) < 4.78 is 5.52. The molecule has 1 aromatic carbocycles. The number of carbonyl (C=O) groups excluding carboxylic acids is 1. The molecule has 1 atom stereocenters. The number of phenols is 1. The number of allylic oxidation sites excluding steroid dienone is 4. The Hall–Kier alpha value is -2.61. The average Bonchev–Trinajstić information content (AvgIpc) is 3.37. The summed E-state index contributed by atoms with van der Waals surface area (Å²) in [5.74, 6) is 1.25. The molecule has 1 fully saturated rings. The number of rotatable bonds is 8. The molecule has 1 saturated heterocycles. The van der Waals surface area contributed by atoms with Gasteiger partial charge in [-0.2, -0.15) is 4.98 Å². The highest BCUT2D eigenvalue weighted by atomic mass is 79.9. The van der Waals surface area contributed by atoms with E-state index in [0.29, 0.717) is 21.5 Å². The summed E-state index contributed by atoms with van der Waals surface area (Å²) in [4.78, 5) is 19.1. The Morgan fingerprint density at radius 1 is 1.18 bits per heavy atom. The van der Waals surface area contributed by atoms with Gasteiger partial charge < -0.3 is 19.4 Å². The predicted molar refractivity (Wildman–Crippen MR) is 162 cm³/mol. The van der Waals surface area contributed by atoms with Crippen molar-refractivity contribution in [3.63, 3.8) is 0 Å². The number of piperazine rings is 1. The number of aryl methyl sites for hydroxylation is 1. The molecular formula is C30H38Br2N4O3. The number of nitrogens with zero attached hydrogens (tertiary/aromatic N) is 4. The van der Waals surface area contributed by atoms with Gasteiger partial charge in [0.2, 0.25) is 18.1 Å². The van der Waals surface area contributed by atoms with Crippen molar-refractivity contribution in [1.82, 2.24) is 19.9 Å². The maximum absolute atomic E-state index is 10.8. The van der Waals surface area contributed by atoms with E-state index < -0.39 is 0 Å². The summed E-state index contributed by atoms with van der Waals surface area (Å²) >= 11 is 6.59. The lowest BCUT2D eigenvalue weighted by Crippen LogP contribution is -2.44. The number of aromatic nitrogens is 2. The van der Waals surface area contributed by atoms with Crippen molar-refractivity contribution >= 4 is 38.3 Å². The quantitative estimate of drug-likeness (QED) is 0.182. The van der Waals surface area contributed by atoms with Crippen molar-refractivity contribution in [3.05, 3.63) is 69.4 Å². The summed E-state index contributed by atoms with van der Waals surface area (Å²) in [6.07, 6.45) is 14.4. The zero-order valence-electron chi connectivity index (χ0n) is 23.2. The number of halogens is 2. The molecule has 1 aromatic heterocycles. The van der Waals surface area contributed by atoms with E-state index in [1.807, 2.05) is 11.0 Å². The fourth-order valence-corrected chi connectivity index (χ4v) is 5.68. The maximum Gasteiger partial charge on any atom is 0.223 e. The van der Waals surface area contributed by atoms with E-state index in [-0.39, 0.29) is 11.2 Å². The number of alkyl halides is 1. The van der Waals surface area contributed by atoms with Gasteiger partial charge in [0.1, 0.15) is 5.75 Å². The van der Waals surface area contributed by atoms with Crippen molar-refractivity contribution < 1.29 is 14.4 Å². The van der Waals surface area contributed by atoms with E-state index in [2.05, 4.69) is 97.7 Å². The van der Waals surface area contributed by atoms with Crippen LogP contribution in [0.3, 0.4) is 0 Å². The summed E-state index contributed by atoms with van der Waals surface area (Å²) in [5, 5.41) is 14.1. The van der Waals surface area contributed by atoms with Crippen LogP contribution in [0.5, 0.6) is 5.75 Å². The Morgan fingerprint density at radius 3 is 2.51 bits per heavy atom. The lowest BCUT2D eigenvalue weighted by molar-refractivity contribution is -0.119. The topological polar surface area (TPSA) is 82.7 Å². The molecule has 1 N–H and O–H groups in total. The first-order valence-corrected chi connectivity index (χ1v) is 15.3. The molecular weight excluding hydrogens is 624 g/mol. The Balaban J connectivity index is 0.000000230. The van der Waals surface area contributed by atoms with Crippen molar-refractivity contribution in [3.8, 4) is 17.1 Å². The lowest BCUT2D eigenvalue weighted by Gasteiger charge is -2.35. The van der Waals surface area contributed by atoms with Gasteiger partial charge in [-0.05, 0) is 64.4 Å². The Bertz CT molecular complexity index is 1250. The van der Waals surface area contributed by atoms with Gasteiger partial charge in [-0.25, -0.2) is 0 Å². The van der Waals surface area contributed by atoms with Gasteiger partial charge in [0.25, 0.3) is 0 Å². The summed E-state index contributed by atoms with van der Waals surface area (Å²) in [5.41, 5.74) is 7.88. The number of carbonyl (C=O) groups is 1. The van der Waals surface area contributed by atoms with E-state index in [4.69, 9.17) is 4.52 Å². The molecule has 4 rings (SSSR count). The van der Waals surface area contributed by atoms with Crippen molar-refractivity contribution in [2.45, 2.75) is 58.7 Å². The van der Waals surface area contributed by atoms with Crippen LogP contribution < -0.4 is 0 Å². The molecule has 2 aromatic rings. The normalized spacial score (nSPS) is 19.5. The van der Waals surface area contributed by atoms with Crippen LogP contribution in [0.1, 0.15) is 57.9 Å². The number of hydrogen-bond donors (Lipinski definition) is 1. The standard InChI is InChI=1S/C20H30N2O.C10H8Br2N2O2/c1-4-12-20(3,5-2)18-8-6-10-19(11-7-9-18)22-15-13-21(17-23)14-16-22;1-5-13-10(14-16-5)6-2-7(4-11)9(15)8(12)3-6/h8-11,17H,4-6,12-16H2,1-3H3;2-3,15H,4H2,1H3/b18-8+,19-10+;. The van der Waals surface area contributed by atoms with E-state index in [9.17, 15) is 9.90 Å². The van der Waals surface area contributed by atoms with Crippen LogP contribution in [0.2, 0.25) is 0 Å². The SMILES string of the molecule is CCCC(C)(CC)/C1=C/C/C=C(/N2CCN(C=O)CC2)C=C=C1.Cc1nc(-c2cc(Br)c(O)c(CBr)c2)no1. The number of amides is 1. The number of hydrogen-bond acceptors (Lipinski definition) is 6. The minimum Gasteiger partial charge on any atom is -0.506 e. The highest BCUT2D eigenvalue weighted by molar-refractivity contribution is 9.10. The Kier molecular flexibility index (Phi) is 11.6. The molecule has 7 nitrogen and oxygen atoms in total. The first-order valence-electron chi connectivity index (χ1n) is 13.4. The van der Waals surface area contributed by atoms with Crippen LogP contribution in [0.4, 0.5) is 0 Å². The predicted octanol–water partition coefficient (Wildman–Crippen LogP) is 7.31. The molecule has 0 bridgehead atoms. The highest BCUT2D eigenvalue weighted by Crippen LogP contribution is 2.37. The third-order valence-corrected chi connectivity index (χ3v) is 8.52. The molecule has 2 aliphatic rings. The van der Waals surface area contributed by atoms with Gasteiger partial charge in [-0.1, -0.05) is 60.4 Å². The van der Waals surface area contributed by atoms with Gasteiger partial charge in [0.05, 0.1) is 4.47 Å². The summed E-state index contributed by atoms with van der Waals surface area (Å²) in [6, 6.07) is 3.57. The van der Waals surface area contributed by atoms with Crippen molar-refractivity contribution in [2.24, 2.45) is 5.41 Å². The van der Waals surface area contributed by atoms with E-state index in [1.165, 1.54) is 24.1 Å². The first-order chi connectivity index (χ1) is 18.7. The zero-order chi connectivity index (χ0) is 28.4. The van der Waals surface area contributed by atoms with Gasteiger partial charge >= 0.3 is 0 Å². The second kappa shape index (κ2) is 14.7. The number of benzene rings is 1. The monoisotopic (exact) mass is 660 g/mol. The molecule has 2 heterocycles. The molecule has 0 spiro atoms. The molecule has 1 aliphatic heterocycles. The van der Waals surface area contributed by atoms with Crippen LogP contribution in [-0.4, -0.2) is 57.6 Å². The zero-order valence-corrected chi connectivity index (χ0v) is 26.4. The van der Waals surface area contributed by atoms with Gasteiger partial charge in [-0.15, -0.1) is 5.73 Å². The Labute approximate surface area is 248 Å². The molecule has 1 unspecified atom stereocenters. The van der Waals surface area contributed by atoms with Gasteiger partial charge in [0, 0.05) is 61.3 Å². The number of aromatic hydroxyl groups is 1. The molecule has 9 heteroatoms. The summed E-state index contributed by atoms with van der Waals surface area (Å²) in [7, 11) is 0. The van der Waals surface area contributed by atoms with Crippen LogP contribution >= 0.6 is 31.9 Å². The van der Waals surface area contributed by atoms with E-state index >= 15 is 0 Å². The Morgan fingerprint density at radius 2 is 1.92 bits per heavy atom. The van der Waals surface area contributed by atoms with Crippen LogP contribution in [0.15, 0.2) is 62.4 Å². The van der Waals surface area contributed by atoms with E-state index in [1.54, 1.807) is 13.0 Å². The van der Waals surface area contributed by atoms with Gasteiger partial charge in [-0.3, -0.25) is 4.79 Å². The fourth-order valence-electron chi connectivity index (χ4n) is 4.75. The van der Waals surface area contributed by atoms with Crippen LogP contribution in [-0.2, 0) is 10.1 Å². The van der Waals surface area contributed by atoms with Crippen molar-refractivity contribution in [2.75, 3.05) is 26.2 Å². The average molecular weight is 662 g/mol. The second-order valence-corrected chi connectivity index (χ2v) is 11.4. The van der Waals surface area contributed by atoms with E-state index in [0.717, 1.165) is 56.6 Å². The smallest absolute Gasteiger partial charge is 0.223 e. The molecule has 0 radical (unpaired) electrons. The molecule has 1 aliphatic carbocycles. The molecule has 210 valence electrons. The lowest BCUT2D eigenvalue weighted by atomic mass is 9.75. The largest absolute Gasteiger partial charge is 0.506 e. The molecule has 0 saturated carbocycles. The second-order valence-electron chi connectivity index (χ2n) is 10.0. The number of phenolic OH excluding ortho intramolecular Hbond substituents is 1. The summed E-state index contributed by atoms with van der Waals surface area (Å²) in [6.45, 7) is 12.1. The third-order valence-electron chi connectivity index (χ3n) is 7.31.